The third-order valence-corrected chi connectivity index (χ3v) is 4.44. The fourth-order valence-electron chi connectivity index (χ4n) is 2.86. The van der Waals surface area contributed by atoms with Crippen molar-refractivity contribution in [1.29, 1.82) is 0 Å². The van der Waals surface area contributed by atoms with Gasteiger partial charge in [-0.1, -0.05) is 0 Å². The van der Waals surface area contributed by atoms with Gasteiger partial charge in [0.05, 0.1) is 18.2 Å². The van der Waals surface area contributed by atoms with Crippen molar-refractivity contribution in [1.82, 2.24) is 14.5 Å². The van der Waals surface area contributed by atoms with Crippen LogP contribution in [0.2, 0.25) is 0 Å². The summed E-state index contributed by atoms with van der Waals surface area (Å²) in [7, 11) is 0. The van der Waals surface area contributed by atoms with Gasteiger partial charge in [-0.05, 0) is 6.92 Å². The molecule has 1 fully saturated rings. The third-order valence-electron chi connectivity index (χ3n) is 4.03. The van der Waals surface area contributed by atoms with Gasteiger partial charge in [0.15, 0.2) is 6.23 Å². The van der Waals surface area contributed by atoms with Crippen molar-refractivity contribution in [3.63, 3.8) is 0 Å². The van der Waals surface area contributed by atoms with E-state index in [0.29, 0.717) is 16.6 Å². The van der Waals surface area contributed by atoms with Crippen molar-refractivity contribution in [3.05, 3.63) is 18.1 Å². The van der Waals surface area contributed by atoms with Gasteiger partial charge in [-0.2, -0.15) is 5.10 Å². The molecule has 9 nitrogen and oxygen atoms in total. The molecule has 0 saturated carbocycles. The summed E-state index contributed by atoms with van der Waals surface area (Å²) in [6.07, 6.45) is 1.78. The van der Waals surface area contributed by atoms with Crippen LogP contribution in [0.1, 0.15) is 18.7 Å². The van der Waals surface area contributed by atoms with Crippen LogP contribution in [0.3, 0.4) is 0 Å². The Morgan fingerprint density at radius 1 is 1.57 bits per heavy atom. The molecule has 10 heteroatoms. The summed E-state index contributed by atoms with van der Waals surface area (Å²) < 4.78 is 7.35. The number of hydrazone groups is 1. The molecule has 23 heavy (non-hydrogen) atoms. The van der Waals surface area contributed by atoms with E-state index in [1.165, 1.54) is 12.5 Å². The highest BCUT2D eigenvalue weighted by Crippen LogP contribution is 2.44. The molecular formula is C13H17ClN6O3. The monoisotopic (exact) mass is 340 g/mol. The van der Waals surface area contributed by atoms with Gasteiger partial charge in [0.2, 0.25) is 0 Å². The zero-order valence-corrected chi connectivity index (χ0v) is 13.1. The smallest absolute Gasteiger partial charge is 0.157 e. The number of anilines is 1. The highest BCUT2D eigenvalue weighted by Gasteiger charge is 2.53. The topological polar surface area (TPSA) is 145 Å². The molecular weight excluding hydrogens is 324 g/mol. The Morgan fingerprint density at radius 2 is 2.30 bits per heavy atom. The standard InChI is InChI=1S/C13H17ClN6O3/c1-13(14)9(22)7(4-21)23-12(13)20-3-6(2-19-16)8-10(15)17-5-18-11(8)20/h2-3,5,7,9,12,21-22H,4,16H2,1H3,(H2,15,17,18)/b19-2+/t7?,9?,12-,13-/m1/s1. The summed E-state index contributed by atoms with van der Waals surface area (Å²) in [6, 6.07) is 0. The molecule has 4 atom stereocenters. The van der Waals surface area contributed by atoms with Crippen molar-refractivity contribution < 1.29 is 14.9 Å². The second-order valence-corrected chi connectivity index (χ2v) is 6.35. The Morgan fingerprint density at radius 3 is 2.91 bits per heavy atom. The molecule has 1 aliphatic rings. The van der Waals surface area contributed by atoms with Gasteiger partial charge in [0.25, 0.3) is 0 Å². The molecule has 0 radical (unpaired) electrons. The number of ether oxygens (including phenoxy) is 1. The van der Waals surface area contributed by atoms with E-state index in [-0.39, 0.29) is 12.4 Å². The molecule has 0 aliphatic carbocycles. The van der Waals surface area contributed by atoms with Gasteiger partial charge in [-0.3, -0.25) is 0 Å². The van der Waals surface area contributed by atoms with Crippen LogP contribution < -0.4 is 11.6 Å². The van der Waals surface area contributed by atoms with E-state index < -0.39 is 23.3 Å². The molecule has 2 aromatic heterocycles. The first-order valence-corrected chi connectivity index (χ1v) is 7.27. The lowest BCUT2D eigenvalue weighted by atomic mass is 10.0. The van der Waals surface area contributed by atoms with E-state index >= 15 is 0 Å². The maximum Gasteiger partial charge on any atom is 0.157 e. The molecule has 1 saturated heterocycles. The minimum absolute atomic E-state index is 0.261. The van der Waals surface area contributed by atoms with Gasteiger partial charge in [-0.25, -0.2) is 9.97 Å². The predicted molar refractivity (Wildman–Crippen MR) is 85.0 cm³/mol. The number of hydrogen-bond acceptors (Lipinski definition) is 8. The fraction of sp³-hybridized carbons (Fsp3) is 0.462. The van der Waals surface area contributed by atoms with E-state index in [1.54, 1.807) is 17.7 Å². The van der Waals surface area contributed by atoms with E-state index in [1.807, 2.05) is 0 Å². The van der Waals surface area contributed by atoms with Crippen LogP contribution in [0.25, 0.3) is 11.0 Å². The number of nitrogens with zero attached hydrogens (tertiary/aromatic N) is 4. The number of aliphatic hydroxyl groups excluding tert-OH is 2. The lowest BCUT2D eigenvalue weighted by Crippen LogP contribution is -2.39. The average Bonchev–Trinajstić information content (AvgIpc) is 2.97. The van der Waals surface area contributed by atoms with Crippen LogP contribution >= 0.6 is 11.6 Å². The Hall–Kier alpha value is -1.94. The molecule has 0 bridgehead atoms. The number of fused-ring (bicyclic) bond motifs is 1. The van der Waals surface area contributed by atoms with E-state index in [4.69, 9.17) is 27.9 Å². The van der Waals surface area contributed by atoms with Gasteiger partial charge in [0, 0.05) is 11.8 Å². The first-order chi connectivity index (χ1) is 10.9. The Balaban J connectivity index is 2.19. The fourth-order valence-corrected chi connectivity index (χ4v) is 3.15. The van der Waals surface area contributed by atoms with Gasteiger partial charge in [0.1, 0.15) is 34.9 Å². The minimum Gasteiger partial charge on any atom is -0.394 e. The predicted octanol–water partition coefficient (Wildman–Crippen LogP) is -0.446. The van der Waals surface area contributed by atoms with Crippen LogP contribution in [0.5, 0.6) is 0 Å². The molecule has 6 N–H and O–H groups in total. The van der Waals surface area contributed by atoms with Crippen LogP contribution in [0.4, 0.5) is 5.82 Å². The van der Waals surface area contributed by atoms with Crippen molar-refractivity contribution >= 4 is 34.7 Å². The summed E-state index contributed by atoms with van der Waals surface area (Å²) in [4.78, 5) is 7.01. The van der Waals surface area contributed by atoms with Crippen molar-refractivity contribution in [2.24, 2.45) is 10.9 Å². The molecule has 0 aromatic carbocycles. The third kappa shape index (κ3) is 2.32. The first kappa shape index (κ1) is 15.9. The van der Waals surface area contributed by atoms with Gasteiger partial charge in [-0.15, -0.1) is 11.6 Å². The summed E-state index contributed by atoms with van der Waals surface area (Å²) in [6.45, 7) is 1.28. The molecule has 2 unspecified atom stereocenters. The minimum atomic E-state index is -1.17. The largest absolute Gasteiger partial charge is 0.394 e. The van der Waals surface area contributed by atoms with Crippen LogP contribution in [0.15, 0.2) is 17.6 Å². The van der Waals surface area contributed by atoms with Crippen molar-refractivity contribution in [2.75, 3.05) is 12.3 Å². The zero-order chi connectivity index (χ0) is 16.8. The van der Waals surface area contributed by atoms with E-state index in [0.717, 1.165) is 0 Å². The number of hydrogen-bond donors (Lipinski definition) is 4. The number of aromatic nitrogens is 3. The average molecular weight is 341 g/mol. The first-order valence-electron chi connectivity index (χ1n) is 6.89. The highest BCUT2D eigenvalue weighted by molar-refractivity contribution is 6.24. The molecule has 3 rings (SSSR count). The summed E-state index contributed by atoms with van der Waals surface area (Å²) in [5.74, 6) is 5.49. The second kappa shape index (κ2) is 5.60. The van der Waals surface area contributed by atoms with E-state index in [2.05, 4.69) is 15.1 Å². The maximum atomic E-state index is 10.3. The molecule has 2 aromatic rings. The number of nitrogen functional groups attached to an aromatic ring is 1. The van der Waals surface area contributed by atoms with Crippen LogP contribution in [-0.4, -0.2) is 54.7 Å². The Kier molecular flexibility index (Phi) is 3.88. The Bertz CT molecular complexity index is 761. The SMILES string of the molecule is C[C@@]1(Cl)C(O)C(CO)O[C@H]1n1cc(/C=N/N)c2c(N)ncnc21. The van der Waals surface area contributed by atoms with E-state index in [9.17, 15) is 10.2 Å². The number of halogens is 1. The summed E-state index contributed by atoms with van der Waals surface area (Å²) in [5.41, 5.74) is 6.98. The quantitative estimate of drug-likeness (QED) is 0.256. The van der Waals surface area contributed by atoms with Gasteiger partial charge >= 0.3 is 0 Å². The number of nitrogens with two attached hydrogens (primary N) is 2. The molecule has 0 amide bonds. The lowest BCUT2D eigenvalue weighted by Gasteiger charge is -2.26. The van der Waals surface area contributed by atoms with Crippen molar-refractivity contribution in [2.45, 2.75) is 30.2 Å². The number of rotatable bonds is 3. The van der Waals surface area contributed by atoms with Gasteiger partial charge < -0.3 is 31.1 Å². The summed E-state index contributed by atoms with van der Waals surface area (Å²) in [5, 5.41) is 23.7. The van der Waals surface area contributed by atoms with Crippen LogP contribution in [0, 0.1) is 0 Å². The lowest BCUT2D eigenvalue weighted by molar-refractivity contribution is -0.0439. The molecule has 1 aliphatic heterocycles. The molecule has 3 heterocycles. The number of alkyl halides is 1. The highest BCUT2D eigenvalue weighted by atomic mass is 35.5. The second-order valence-electron chi connectivity index (χ2n) is 5.53. The Labute approximate surface area is 136 Å². The van der Waals surface area contributed by atoms with Crippen LogP contribution in [-0.2, 0) is 4.74 Å². The number of aliphatic hydroxyl groups is 2. The summed E-state index contributed by atoms with van der Waals surface area (Å²) >= 11 is 6.48. The normalized spacial score (nSPS) is 31.4. The zero-order valence-electron chi connectivity index (χ0n) is 12.3. The van der Waals surface area contributed by atoms with Crippen molar-refractivity contribution in [3.8, 4) is 0 Å². The molecule has 124 valence electrons. The maximum absolute atomic E-state index is 10.3. The molecule has 0 spiro atoms.